The highest BCUT2D eigenvalue weighted by Crippen LogP contribution is 2.35. The Morgan fingerprint density at radius 2 is 2.25 bits per heavy atom. The van der Waals surface area contributed by atoms with Gasteiger partial charge >= 0.3 is 0 Å². The molecule has 4 N–H and O–H groups in total. The fourth-order valence-corrected chi connectivity index (χ4v) is 2.87. The van der Waals surface area contributed by atoms with Crippen molar-refractivity contribution < 1.29 is 9.53 Å². The average Bonchev–Trinajstić information content (AvgIpc) is 2.46. The summed E-state index contributed by atoms with van der Waals surface area (Å²) in [5.74, 6) is 0.481. The molecule has 1 aromatic rings. The zero-order valence-corrected chi connectivity index (χ0v) is 12.1. The Labute approximate surface area is 119 Å². The molecule has 1 fully saturated rings. The lowest BCUT2D eigenvalue weighted by Crippen LogP contribution is -2.41. The third kappa shape index (κ3) is 2.88. The van der Waals surface area contributed by atoms with Crippen LogP contribution in [0.5, 0.6) is 5.75 Å². The molecule has 0 saturated carbocycles. The molecule has 2 rings (SSSR count). The van der Waals surface area contributed by atoms with Crippen LogP contribution >= 0.6 is 0 Å². The van der Waals surface area contributed by atoms with Crippen molar-refractivity contribution in [1.29, 1.82) is 0 Å². The molecule has 0 aromatic heterocycles. The van der Waals surface area contributed by atoms with E-state index in [2.05, 4.69) is 4.90 Å². The molecule has 0 spiro atoms. The molecule has 1 aliphatic rings. The number of nitrogens with two attached hydrogens (primary N) is 2. The fraction of sp³-hybridized carbons (Fsp3) is 0.533. The molecule has 20 heavy (non-hydrogen) atoms. The first kappa shape index (κ1) is 14.7. The van der Waals surface area contributed by atoms with Crippen LogP contribution in [0, 0.1) is 5.92 Å². The summed E-state index contributed by atoms with van der Waals surface area (Å²) in [5, 5.41) is 0. The first-order chi connectivity index (χ1) is 9.54. The molecule has 5 heteroatoms. The topological polar surface area (TPSA) is 81.6 Å². The van der Waals surface area contributed by atoms with Gasteiger partial charge in [-0.3, -0.25) is 4.79 Å². The van der Waals surface area contributed by atoms with Crippen LogP contribution in [0.25, 0.3) is 0 Å². The van der Waals surface area contributed by atoms with Crippen molar-refractivity contribution in [1.82, 2.24) is 0 Å². The molecule has 1 heterocycles. The van der Waals surface area contributed by atoms with E-state index in [1.807, 2.05) is 25.1 Å². The van der Waals surface area contributed by atoms with Crippen molar-refractivity contribution in [2.24, 2.45) is 17.4 Å². The Morgan fingerprint density at radius 3 is 2.85 bits per heavy atom. The van der Waals surface area contributed by atoms with E-state index in [-0.39, 0.29) is 17.9 Å². The molecule has 1 aromatic carbocycles. The molecule has 1 saturated heterocycles. The molecule has 2 atom stereocenters. The van der Waals surface area contributed by atoms with Crippen molar-refractivity contribution in [3.63, 3.8) is 0 Å². The Bertz CT molecular complexity index is 488. The number of rotatable bonds is 4. The second-order valence-electron chi connectivity index (χ2n) is 5.37. The van der Waals surface area contributed by atoms with Gasteiger partial charge in [0.1, 0.15) is 5.75 Å². The fourth-order valence-electron chi connectivity index (χ4n) is 2.87. The summed E-state index contributed by atoms with van der Waals surface area (Å²) in [6, 6.07) is 5.77. The van der Waals surface area contributed by atoms with Crippen molar-refractivity contribution in [2.45, 2.75) is 25.8 Å². The summed E-state index contributed by atoms with van der Waals surface area (Å²) in [6.07, 6.45) is 1.83. The number of benzene rings is 1. The van der Waals surface area contributed by atoms with Gasteiger partial charge in [0.2, 0.25) is 5.91 Å². The molecule has 0 bridgehead atoms. The maximum atomic E-state index is 11.4. The number of primary amides is 1. The van der Waals surface area contributed by atoms with Gasteiger partial charge in [0.05, 0.1) is 13.0 Å². The maximum absolute atomic E-state index is 11.4. The van der Waals surface area contributed by atoms with Crippen LogP contribution in [0.2, 0.25) is 0 Å². The lowest BCUT2D eigenvalue weighted by molar-refractivity contribution is -0.122. The summed E-state index contributed by atoms with van der Waals surface area (Å²) >= 11 is 0. The molecular formula is C15H23N3O2. The van der Waals surface area contributed by atoms with E-state index in [1.54, 1.807) is 7.11 Å². The van der Waals surface area contributed by atoms with Gasteiger partial charge in [-0.1, -0.05) is 6.07 Å². The van der Waals surface area contributed by atoms with E-state index in [0.29, 0.717) is 6.54 Å². The number of ether oxygens (including phenoxy) is 1. The number of carbonyl (C=O) groups is 1. The van der Waals surface area contributed by atoms with Crippen LogP contribution in [0.15, 0.2) is 18.2 Å². The number of anilines is 1. The highest BCUT2D eigenvalue weighted by molar-refractivity contribution is 5.78. The lowest BCUT2D eigenvalue weighted by Gasteiger charge is -2.35. The Hall–Kier alpha value is -1.75. The second kappa shape index (κ2) is 6.13. The smallest absolute Gasteiger partial charge is 0.222 e. The van der Waals surface area contributed by atoms with Crippen molar-refractivity contribution >= 4 is 11.6 Å². The van der Waals surface area contributed by atoms with Gasteiger partial charge in [-0.05, 0) is 31.9 Å². The third-order valence-electron chi connectivity index (χ3n) is 3.88. The van der Waals surface area contributed by atoms with Gasteiger partial charge in [0, 0.05) is 30.4 Å². The van der Waals surface area contributed by atoms with Crippen LogP contribution < -0.4 is 21.1 Å². The van der Waals surface area contributed by atoms with Crippen molar-refractivity contribution in [2.75, 3.05) is 25.1 Å². The molecule has 1 aliphatic heterocycles. The van der Waals surface area contributed by atoms with E-state index in [9.17, 15) is 4.79 Å². The highest BCUT2D eigenvalue weighted by Gasteiger charge is 2.26. The summed E-state index contributed by atoms with van der Waals surface area (Å²) in [6.45, 7) is 3.51. The highest BCUT2D eigenvalue weighted by atomic mass is 16.5. The Morgan fingerprint density at radius 1 is 1.50 bits per heavy atom. The number of carbonyl (C=O) groups excluding carboxylic acids is 1. The minimum atomic E-state index is -0.222. The molecule has 1 unspecified atom stereocenters. The van der Waals surface area contributed by atoms with E-state index < -0.39 is 0 Å². The molecule has 1 amide bonds. The van der Waals surface area contributed by atoms with Gasteiger partial charge in [0.15, 0.2) is 0 Å². The van der Waals surface area contributed by atoms with Gasteiger partial charge in [-0.2, -0.15) is 0 Å². The summed E-state index contributed by atoms with van der Waals surface area (Å²) in [5.41, 5.74) is 13.6. The van der Waals surface area contributed by atoms with Gasteiger partial charge in [-0.25, -0.2) is 0 Å². The molecular weight excluding hydrogens is 254 g/mol. The number of hydrogen-bond donors (Lipinski definition) is 2. The molecule has 0 aliphatic carbocycles. The average molecular weight is 277 g/mol. The van der Waals surface area contributed by atoms with Crippen LogP contribution in [0.4, 0.5) is 5.69 Å². The minimum Gasteiger partial charge on any atom is -0.496 e. The second-order valence-corrected chi connectivity index (χ2v) is 5.37. The first-order valence-corrected chi connectivity index (χ1v) is 7.01. The normalized spacial score (nSPS) is 20.6. The number of piperidine rings is 1. The standard InChI is InChI=1S/C15H23N3O2/c1-10(16)14-12(6-3-7-13(14)20-2)18-8-4-5-11(9-18)15(17)19/h3,6-7,10-11H,4-5,8-9,16H2,1-2H3,(H2,17,19)/t10-,11?/m0/s1. The third-order valence-corrected chi connectivity index (χ3v) is 3.88. The maximum Gasteiger partial charge on any atom is 0.222 e. The molecule has 0 radical (unpaired) electrons. The number of methoxy groups -OCH3 is 1. The zero-order chi connectivity index (χ0) is 14.7. The molecule has 5 nitrogen and oxygen atoms in total. The predicted molar refractivity (Wildman–Crippen MR) is 79.7 cm³/mol. The summed E-state index contributed by atoms with van der Waals surface area (Å²) < 4.78 is 5.41. The van der Waals surface area contributed by atoms with E-state index >= 15 is 0 Å². The monoisotopic (exact) mass is 277 g/mol. The quantitative estimate of drug-likeness (QED) is 0.872. The van der Waals surface area contributed by atoms with E-state index in [0.717, 1.165) is 36.4 Å². The van der Waals surface area contributed by atoms with Gasteiger partial charge in [0.25, 0.3) is 0 Å². The summed E-state index contributed by atoms with van der Waals surface area (Å²) in [7, 11) is 1.65. The number of amides is 1. The SMILES string of the molecule is COc1cccc(N2CCCC(C(N)=O)C2)c1[C@H](C)N. The Kier molecular flexibility index (Phi) is 4.49. The zero-order valence-electron chi connectivity index (χ0n) is 12.1. The summed E-state index contributed by atoms with van der Waals surface area (Å²) in [4.78, 5) is 13.6. The van der Waals surface area contributed by atoms with E-state index in [1.165, 1.54) is 0 Å². The van der Waals surface area contributed by atoms with Crippen LogP contribution in [-0.2, 0) is 4.79 Å². The predicted octanol–water partition coefficient (Wildman–Crippen LogP) is 1.42. The van der Waals surface area contributed by atoms with Crippen LogP contribution in [0.1, 0.15) is 31.4 Å². The largest absolute Gasteiger partial charge is 0.496 e. The van der Waals surface area contributed by atoms with Gasteiger partial charge in [-0.15, -0.1) is 0 Å². The first-order valence-electron chi connectivity index (χ1n) is 7.01. The Balaban J connectivity index is 2.34. The number of nitrogens with zero attached hydrogens (tertiary/aromatic N) is 1. The van der Waals surface area contributed by atoms with Crippen LogP contribution in [-0.4, -0.2) is 26.1 Å². The molecule has 110 valence electrons. The van der Waals surface area contributed by atoms with Crippen LogP contribution in [0.3, 0.4) is 0 Å². The van der Waals surface area contributed by atoms with Gasteiger partial charge < -0.3 is 21.1 Å². The van der Waals surface area contributed by atoms with E-state index in [4.69, 9.17) is 16.2 Å². The number of hydrogen-bond acceptors (Lipinski definition) is 4. The lowest BCUT2D eigenvalue weighted by atomic mass is 9.95. The van der Waals surface area contributed by atoms with Crippen molar-refractivity contribution in [3.8, 4) is 5.75 Å². The van der Waals surface area contributed by atoms with Crippen molar-refractivity contribution in [3.05, 3.63) is 23.8 Å². The minimum absolute atomic E-state index is 0.0871.